The number of nitrogens with zero attached hydrogens (tertiary/aromatic N) is 1. The maximum atomic E-state index is 13.5. The van der Waals surface area contributed by atoms with Crippen molar-refractivity contribution in [2.24, 2.45) is 5.92 Å². The summed E-state index contributed by atoms with van der Waals surface area (Å²) < 4.78 is 0. The summed E-state index contributed by atoms with van der Waals surface area (Å²) >= 11 is 5.75. The van der Waals surface area contributed by atoms with Crippen molar-refractivity contribution in [3.05, 3.63) is 35.4 Å². The molecule has 1 heterocycles. The normalized spacial score (nSPS) is 17.7. The molecule has 1 aromatic rings. The third-order valence-electron chi connectivity index (χ3n) is 5.47. The Morgan fingerprint density at radius 1 is 1.26 bits per heavy atom. The maximum Gasteiger partial charge on any atom is 0.326 e. The van der Waals surface area contributed by atoms with Gasteiger partial charge in [0, 0.05) is 25.3 Å². The second-order valence-electron chi connectivity index (χ2n) is 8.04. The molecule has 3 atom stereocenters. The largest absolute Gasteiger partial charge is 0.480 e. The van der Waals surface area contributed by atoms with Crippen molar-refractivity contribution >= 4 is 42.2 Å². The van der Waals surface area contributed by atoms with Crippen molar-refractivity contribution < 1.29 is 19.5 Å². The quantitative estimate of drug-likeness (QED) is 0.371. The molecular weight excluding hydrogens is 434 g/mol. The van der Waals surface area contributed by atoms with Crippen LogP contribution in [0, 0.1) is 5.92 Å². The zero-order chi connectivity index (χ0) is 23.0. The number of rotatable bonds is 11. The zero-order valence-electron chi connectivity index (χ0n) is 18.3. The first-order chi connectivity index (χ1) is 14.8. The molecule has 3 N–H and O–H groups in total. The van der Waals surface area contributed by atoms with Gasteiger partial charge in [-0.25, -0.2) is 4.79 Å². The van der Waals surface area contributed by atoms with Gasteiger partial charge in [0.1, 0.15) is 12.1 Å². The number of thioether (sulfide) groups is 1. The number of carboxylic acid groups (broad SMARTS) is 1. The second-order valence-corrected chi connectivity index (χ2v) is 9.47. The number of nitrogens with one attached hydrogen (secondary N) is 2. The molecule has 0 saturated carbocycles. The van der Waals surface area contributed by atoms with Crippen LogP contribution in [0.25, 0.3) is 0 Å². The number of amides is 2. The minimum absolute atomic E-state index is 0.0293. The minimum atomic E-state index is -1.06. The second kappa shape index (κ2) is 12.4. The minimum Gasteiger partial charge on any atom is -0.480 e. The Kier molecular flexibility index (Phi) is 10.2. The molecule has 172 valence electrons. The van der Waals surface area contributed by atoms with Gasteiger partial charge in [-0.2, -0.15) is 24.4 Å². The van der Waals surface area contributed by atoms with Crippen molar-refractivity contribution in [1.82, 2.24) is 15.5 Å². The molecule has 0 saturated heterocycles. The molecule has 7 nitrogen and oxygen atoms in total. The highest BCUT2D eigenvalue weighted by Crippen LogP contribution is 2.25. The van der Waals surface area contributed by atoms with E-state index < -0.39 is 30.0 Å². The van der Waals surface area contributed by atoms with Crippen LogP contribution in [0.2, 0.25) is 0 Å². The maximum absolute atomic E-state index is 13.5. The number of aliphatic carboxylic acids is 1. The lowest BCUT2D eigenvalue weighted by atomic mass is 9.91. The van der Waals surface area contributed by atoms with E-state index in [1.807, 2.05) is 44.4 Å². The summed E-state index contributed by atoms with van der Waals surface area (Å²) in [6.45, 7) is 4.82. The lowest BCUT2D eigenvalue weighted by Crippen LogP contribution is -2.59. The van der Waals surface area contributed by atoms with E-state index in [1.165, 1.54) is 11.8 Å². The molecular formula is C22H33N3O4S2. The van der Waals surface area contributed by atoms with Crippen molar-refractivity contribution in [3.63, 3.8) is 0 Å². The summed E-state index contributed by atoms with van der Waals surface area (Å²) in [5, 5.41) is 15.4. The fourth-order valence-corrected chi connectivity index (χ4v) is 4.36. The molecule has 0 radical (unpaired) electrons. The molecule has 0 spiro atoms. The van der Waals surface area contributed by atoms with Crippen LogP contribution >= 0.6 is 24.4 Å². The van der Waals surface area contributed by atoms with Crippen molar-refractivity contribution in [1.29, 1.82) is 0 Å². The average molecular weight is 468 g/mol. The number of benzene rings is 1. The number of thiol groups is 1. The molecule has 0 aliphatic carbocycles. The highest BCUT2D eigenvalue weighted by Gasteiger charge is 2.39. The highest BCUT2D eigenvalue weighted by atomic mass is 32.2. The SMILES string of the molecule is CSCCC(NC(=O)C1Cc2ccccc2CN1C(=O)[C@@H](NCCS)C(C)C)C(=O)O. The third-order valence-corrected chi connectivity index (χ3v) is 6.34. The molecule has 9 heteroatoms. The van der Waals surface area contributed by atoms with Crippen LogP contribution in [-0.2, 0) is 27.3 Å². The first-order valence-electron chi connectivity index (χ1n) is 10.5. The number of carbonyl (C=O) groups excluding carboxylic acids is 2. The van der Waals surface area contributed by atoms with Gasteiger partial charge in [0.05, 0.1) is 6.04 Å². The van der Waals surface area contributed by atoms with Crippen molar-refractivity contribution in [2.75, 3.05) is 24.3 Å². The Balaban J connectivity index is 2.30. The fourth-order valence-electron chi connectivity index (χ4n) is 3.76. The van der Waals surface area contributed by atoms with Gasteiger partial charge in [-0.3, -0.25) is 9.59 Å². The van der Waals surface area contributed by atoms with Gasteiger partial charge in [0.25, 0.3) is 0 Å². The number of fused-ring (bicyclic) bond motifs is 1. The Labute approximate surface area is 194 Å². The summed E-state index contributed by atoms with van der Waals surface area (Å²) in [6.07, 6.45) is 2.58. The first kappa shape index (κ1) is 25.5. The van der Waals surface area contributed by atoms with Crippen molar-refractivity contribution in [3.8, 4) is 0 Å². The van der Waals surface area contributed by atoms with Crippen LogP contribution in [0.1, 0.15) is 31.4 Å². The summed E-state index contributed by atoms with van der Waals surface area (Å²) in [5.74, 6) is -0.390. The molecule has 0 fully saturated rings. The summed E-state index contributed by atoms with van der Waals surface area (Å²) in [6, 6.07) is 5.58. The van der Waals surface area contributed by atoms with Crippen LogP contribution in [0.3, 0.4) is 0 Å². The van der Waals surface area contributed by atoms with Crippen LogP contribution in [0.5, 0.6) is 0 Å². The van der Waals surface area contributed by atoms with Gasteiger partial charge in [0.15, 0.2) is 0 Å². The van der Waals surface area contributed by atoms with E-state index in [1.54, 1.807) is 4.90 Å². The van der Waals surface area contributed by atoms with Gasteiger partial charge < -0.3 is 20.6 Å². The predicted octanol–water partition coefficient (Wildman–Crippen LogP) is 1.81. The molecule has 31 heavy (non-hydrogen) atoms. The van der Waals surface area contributed by atoms with E-state index in [4.69, 9.17) is 0 Å². The van der Waals surface area contributed by atoms with E-state index in [-0.39, 0.29) is 11.8 Å². The van der Waals surface area contributed by atoms with E-state index in [9.17, 15) is 19.5 Å². The smallest absolute Gasteiger partial charge is 0.326 e. The van der Waals surface area contributed by atoms with E-state index in [0.717, 1.165) is 11.1 Å². The zero-order valence-corrected chi connectivity index (χ0v) is 20.0. The Morgan fingerprint density at radius 3 is 2.52 bits per heavy atom. The van der Waals surface area contributed by atoms with Gasteiger partial charge in [0.2, 0.25) is 11.8 Å². The van der Waals surface area contributed by atoms with Crippen LogP contribution in [0.4, 0.5) is 0 Å². The molecule has 1 aliphatic rings. The molecule has 1 aliphatic heterocycles. The van der Waals surface area contributed by atoms with Gasteiger partial charge in [-0.05, 0) is 35.5 Å². The molecule has 0 aromatic heterocycles. The van der Waals surface area contributed by atoms with E-state index in [0.29, 0.717) is 37.4 Å². The van der Waals surface area contributed by atoms with Gasteiger partial charge in [-0.15, -0.1) is 0 Å². The lowest BCUT2D eigenvalue weighted by molar-refractivity contribution is -0.146. The molecule has 0 bridgehead atoms. The molecule has 2 rings (SSSR count). The summed E-state index contributed by atoms with van der Waals surface area (Å²) in [5.41, 5.74) is 2.01. The summed E-state index contributed by atoms with van der Waals surface area (Å²) in [7, 11) is 0. The Bertz CT molecular complexity index is 775. The van der Waals surface area contributed by atoms with Crippen LogP contribution < -0.4 is 10.6 Å². The third kappa shape index (κ3) is 6.89. The van der Waals surface area contributed by atoms with Gasteiger partial charge >= 0.3 is 5.97 Å². The fraction of sp³-hybridized carbons (Fsp3) is 0.591. The number of hydrogen-bond donors (Lipinski definition) is 4. The standard InChI is InChI=1S/C22H33N3O4S2/c1-14(2)19(23-9-10-30)21(27)25-13-16-7-5-4-6-15(16)12-18(25)20(26)24-17(22(28)29)8-11-31-3/h4-7,14,17-19,23,30H,8-13H2,1-3H3,(H,24,26)(H,28,29)/t17?,18?,19-/m0/s1. The first-order valence-corrected chi connectivity index (χ1v) is 12.6. The van der Waals surface area contributed by atoms with E-state index in [2.05, 4.69) is 23.3 Å². The van der Waals surface area contributed by atoms with Crippen LogP contribution in [0.15, 0.2) is 24.3 Å². The molecule has 2 amide bonds. The highest BCUT2D eigenvalue weighted by molar-refractivity contribution is 7.98. The monoisotopic (exact) mass is 467 g/mol. The molecule has 1 aromatic carbocycles. The van der Waals surface area contributed by atoms with E-state index >= 15 is 0 Å². The van der Waals surface area contributed by atoms with Crippen molar-refractivity contribution in [2.45, 2.75) is 51.4 Å². The number of carboxylic acids is 1. The Hall–Kier alpha value is -1.71. The predicted molar refractivity (Wildman–Crippen MR) is 128 cm³/mol. The number of hydrogen-bond acceptors (Lipinski definition) is 6. The summed E-state index contributed by atoms with van der Waals surface area (Å²) in [4.78, 5) is 39.9. The van der Waals surface area contributed by atoms with Gasteiger partial charge in [-0.1, -0.05) is 38.1 Å². The molecule has 2 unspecified atom stereocenters. The van der Waals surface area contributed by atoms with Crippen LogP contribution in [-0.4, -0.2) is 70.2 Å². The Morgan fingerprint density at radius 2 is 1.94 bits per heavy atom. The lowest BCUT2D eigenvalue weighted by Gasteiger charge is -2.39. The number of carbonyl (C=O) groups is 3. The average Bonchev–Trinajstić information content (AvgIpc) is 2.75. The topological polar surface area (TPSA) is 98.7 Å².